The number of nitrogens with zero attached hydrogens (tertiary/aromatic N) is 1. The highest BCUT2D eigenvalue weighted by Gasteiger charge is 2.25. The van der Waals surface area contributed by atoms with Crippen molar-refractivity contribution in [2.24, 2.45) is 5.41 Å². The zero-order valence-corrected chi connectivity index (χ0v) is 12.4. The van der Waals surface area contributed by atoms with Crippen molar-refractivity contribution < 1.29 is 10.2 Å². The molecule has 18 heavy (non-hydrogen) atoms. The van der Waals surface area contributed by atoms with Gasteiger partial charge in [-0.3, -0.25) is 4.90 Å². The minimum absolute atomic E-state index is 0.0442. The van der Waals surface area contributed by atoms with Crippen LogP contribution in [0.1, 0.15) is 59.3 Å². The van der Waals surface area contributed by atoms with Gasteiger partial charge >= 0.3 is 0 Å². The normalized spacial score (nSPS) is 20.3. The van der Waals surface area contributed by atoms with E-state index in [0.29, 0.717) is 6.04 Å². The molecule has 0 radical (unpaired) electrons. The van der Waals surface area contributed by atoms with E-state index in [1.54, 1.807) is 0 Å². The van der Waals surface area contributed by atoms with Crippen LogP contribution in [0.4, 0.5) is 0 Å². The van der Waals surface area contributed by atoms with Crippen molar-refractivity contribution >= 4 is 0 Å². The van der Waals surface area contributed by atoms with Crippen molar-refractivity contribution in [1.29, 1.82) is 0 Å². The lowest BCUT2D eigenvalue weighted by Gasteiger charge is -2.35. The molecule has 0 spiro atoms. The lowest BCUT2D eigenvalue weighted by atomic mass is 9.87. The van der Waals surface area contributed by atoms with Crippen LogP contribution in [0.2, 0.25) is 0 Å². The van der Waals surface area contributed by atoms with Crippen molar-refractivity contribution in [3.8, 4) is 0 Å². The van der Waals surface area contributed by atoms with Gasteiger partial charge in [0.1, 0.15) is 0 Å². The summed E-state index contributed by atoms with van der Waals surface area (Å²) in [5.41, 5.74) is -0.0442. The summed E-state index contributed by atoms with van der Waals surface area (Å²) >= 11 is 0. The zero-order valence-electron chi connectivity index (χ0n) is 12.4. The van der Waals surface area contributed by atoms with Crippen LogP contribution in [0.3, 0.4) is 0 Å². The van der Waals surface area contributed by atoms with Crippen molar-refractivity contribution in [3.63, 3.8) is 0 Å². The van der Waals surface area contributed by atoms with E-state index in [1.165, 1.54) is 32.1 Å². The summed E-state index contributed by atoms with van der Waals surface area (Å²) in [6.07, 6.45) is 7.04. The van der Waals surface area contributed by atoms with Crippen molar-refractivity contribution in [2.75, 3.05) is 19.7 Å². The van der Waals surface area contributed by atoms with E-state index in [0.717, 1.165) is 19.5 Å². The molecule has 1 rings (SSSR count). The van der Waals surface area contributed by atoms with Crippen LogP contribution in [0.15, 0.2) is 0 Å². The lowest BCUT2D eigenvalue weighted by molar-refractivity contribution is 0.0339. The Balaban J connectivity index is 2.42. The van der Waals surface area contributed by atoms with E-state index in [4.69, 9.17) is 0 Å². The number of aliphatic hydroxyl groups excluding tert-OH is 2. The summed E-state index contributed by atoms with van der Waals surface area (Å²) in [4.78, 5) is 2.38. The van der Waals surface area contributed by atoms with Crippen LogP contribution in [-0.4, -0.2) is 47.0 Å². The second-order valence-corrected chi connectivity index (χ2v) is 6.72. The first-order chi connectivity index (χ1) is 8.45. The second kappa shape index (κ2) is 7.46. The maximum absolute atomic E-state index is 10.1. The van der Waals surface area contributed by atoms with Gasteiger partial charge in [-0.05, 0) is 24.7 Å². The summed E-state index contributed by atoms with van der Waals surface area (Å²) in [5, 5.41) is 19.3. The van der Waals surface area contributed by atoms with E-state index >= 15 is 0 Å². The fraction of sp³-hybridized carbons (Fsp3) is 1.00. The molecule has 3 nitrogen and oxygen atoms in total. The SMILES string of the molecule is CC(C)(C)C(O)CCN(CCO)C1CCCCC1. The molecule has 1 saturated carbocycles. The molecule has 1 fully saturated rings. The molecular formula is C15H31NO2. The quantitative estimate of drug-likeness (QED) is 0.768. The molecule has 1 aliphatic carbocycles. The number of hydrogen-bond acceptors (Lipinski definition) is 3. The van der Waals surface area contributed by atoms with Gasteiger partial charge in [0.15, 0.2) is 0 Å². The number of aliphatic hydroxyl groups is 2. The Bertz CT molecular complexity index is 219. The van der Waals surface area contributed by atoms with Crippen molar-refractivity contribution in [1.82, 2.24) is 4.90 Å². The van der Waals surface area contributed by atoms with Gasteiger partial charge < -0.3 is 10.2 Å². The molecular weight excluding hydrogens is 226 g/mol. The number of rotatable bonds is 6. The first kappa shape index (κ1) is 15.9. The molecule has 1 atom stereocenters. The molecule has 3 heteroatoms. The summed E-state index contributed by atoms with van der Waals surface area (Å²) in [6.45, 7) is 8.12. The highest BCUT2D eigenvalue weighted by Crippen LogP contribution is 2.25. The molecule has 1 aliphatic rings. The molecule has 2 N–H and O–H groups in total. The highest BCUT2D eigenvalue weighted by atomic mass is 16.3. The van der Waals surface area contributed by atoms with Gasteiger partial charge in [-0.2, -0.15) is 0 Å². The van der Waals surface area contributed by atoms with Gasteiger partial charge in [-0.1, -0.05) is 40.0 Å². The van der Waals surface area contributed by atoms with Crippen LogP contribution in [0.5, 0.6) is 0 Å². The monoisotopic (exact) mass is 257 g/mol. The fourth-order valence-corrected chi connectivity index (χ4v) is 2.77. The molecule has 0 aromatic carbocycles. The molecule has 0 aliphatic heterocycles. The smallest absolute Gasteiger partial charge is 0.0600 e. The van der Waals surface area contributed by atoms with Gasteiger partial charge in [0.2, 0.25) is 0 Å². The summed E-state index contributed by atoms with van der Waals surface area (Å²) < 4.78 is 0. The van der Waals surface area contributed by atoms with Crippen molar-refractivity contribution in [3.05, 3.63) is 0 Å². The topological polar surface area (TPSA) is 43.7 Å². The van der Waals surface area contributed by atoms with Gasteiger partial charge in [0, 0.05) is 19.1 Å². The molecule has 0 amide bonds. The minimum Gasteiger partial charge on any atom is -0.395 e. The Morgan fingerprint density at radius 1 is 1.11 bits per heavy atom. The van der Waals surface area contributed by atoms with Crippen LogP contribution >= 0.6 is 0 Å². The number of hydrogen-bond donors (Lipinski definition) is 2. The standard InChI is InChI=1S/C15H31NO2/c1-15(2,3)14(18)9-10-16(11-12-17)13-7-5-4-6-8-13/h13-14,17-18H,4-12H2,1-3H3. The molecule has 1 unspecified atom stereocenters. The first-order valence-electron chi connectivity index (χ1n) is 7.48. The Morgan fingerprint density at radius 3 is 2.22 bits per heavy atom. The zero-order chi connectivity index (χ0) is 13.6. The summed E-state index contributed by atoms with van der Waals surface area (Å²) in [5.74, 6) is 0. The highest BCUT2D eigenvalue weighted by molar-refractivity contribution is 4.79. The third kappa shape index (κ3) is 5.25. The Morgan fingerprint density at radius 2 is 1.72 bits per heavy atom. The van der Waals surface area contributed by atoms with E-state index in [1.807, 2.05) is 0 Å². The predicted molar refractivity (Wildman–Crippen MR) is 75.6 cm³/mol. The third-order valence-corrected chi connectivity index (χ3v) is 4.17. The minimum atomic E-state index is -0.262. The van der Waals surface area contributed by atoms with Gasteiger partial charge in [-0.15, -0.1) is 0 Å². The molecule has 0 bridgehead atoms. The van der Waals surface area contributed by atoms with E-state index in [2.05, 4.69) is 25.7 Å². The predicted octanol–water partition coefficient (Wildman–Crippen LogP) is 2.41. The molecule has 0 aromatic rings. The lowest BCUT2D eigenvalue weighted by Crippen LogP contribution is -2.41. The van der Waals surface area contributed by atoms with Crippen LogP contribution in [-0.2, 0) is 0 Å². The van der Waals surface area contributed by atoms with E-state index in [-0.39, 0.29) is 18.1 Å². The van der Waals surface area contributed by atoms with Crippen LogP contribution in [0.25, 0.3) is 0 Å². The summed E-state index contributed by atoms with van der Waals surface area (Å²) in [6, 6.07) is 0.623. The van der Waals surface area contributed by atoms with Gasteiger partial charge in [-0.25, -0.2) is 0 Å². The van der Waals surface area contributed by atoms with E-state index in [9.17, 15) is 10.2 Å². The van der Waals surface area contributed by atoms with Crippen LogP contribution in [0, 0.1) is 5.41 Å². The Kier molecular flexibility index (Phi) is 6.61. The maximum atomic E-state index is 10.1. The largest absolute Gasteiger partial charge is 0.395 e. The average Bonchev–Trinajstić information content (AvgIpc) is 2.34. The molecule has 0 saturated heterocycles. The average molecular weight is 257 g/mol. The van der Waals surface area contributed by atoms with Crippen molar-refractivity contribution in [2.45, 2.75) is 71.4 Å². The maximum Gasteiger partial charge on any atom is 0.0600 e. The molecule has 0 heterocycles. The third-order valence-electron chi connectivity index (χ3n) is 4.17. The van der Waals surface area contributed by atoms with Gasteiger partial charge in [0.25, 0.3) is 0 Å². The van der Waals surface area contributed by atoms with Crippen LogP contribution < -0.4 is 0 Å². The van der Waals surface area contributed by atoms with Gasteiger partial charge in [0.05, 0.1) is 12.7 Å². The fourth-order valence-electron chi connectivity index (χ4n) is 2.77. The second-order valence-electron chi connectivity index (χ2n) is 6.72. The molecule has 108 valence electrons. The Hall–Kier alpha value is -0.120. The van der Waals surface area contributed by atoms with E-state index < -0.39 is 0 Å². The molecule has 0 aromatic heterocycles. The first-order valence-corrected chi connectivity index (χ1v) is 7.48. The Labute approximate surface area is 112 Å². The summed E-state index contributed by atoms with van der Waals surface area (Å²) in [7, 11) is 0.